The van der Waals surface area contributed by atoms with Crippen LogP contribution in [-0.2, 0) is 14.8 Å². The first-order valence-electron chi connectivity index (χ1n) is 16.2. The highest BCUT2D eigenvalue weighted by atomic mass is 32.2. The minimum atomic E-state index is -3.99. The lowest BCUT2D eigenvalue weighted by Gasteiger charge is -2.24. The highest BCUT2D eigenvalue weighted by Crippen LogP contribution is 2.27. The number of carbonyl (C=O) groups excluding carboxylic acids is 2. The molecule has 0 aliphatic carbocycles. The van der Waals surface area contributed by atoms with Gasteiger partial charge >= 0.3 is 0 Å². The minimum absolute atomic E-state index is 0.00708. The smallest absolute Gasteiger partial charge is 0.255 e. The molecule has 3 aromatic carbocycles. The van der Waals surface area contributed by atoms with E-state index in [2.05, 4.69) is 44.1 Å². The Morgan fingerprint density at radius 3 is 1.74 bits per heavy atom. The molecule has 0 unspecified atom stereocenters. The molecule has 0 aliphatic heterocycles. The summed E-state index contributed by atoms with van der Waals surface area (Å²) < 4.78 is 29.3. The molecule has 0 fully saturated rings. The Morgan fingerprint density at radius 1 is 0.723 bits per heavy atom. The van der Waals surface area contributed by atoms with Crippen molar-refractivity contribution >= 4 is 27.5 Å². The number of benzene rings is 3. The third-order valence-corrected chi connectivity index (χ3v) is 9.35. The van der Waals surface area contributed by atoms with E-state index in [1.54, 1.807) is 20.2 Å². The van der Waals surface area contributed by atoms with Crippen LogP contribution in [0.4, 0.5) is 5.69 Å². The molecule has 0 spiro atoms. The van der Waals surface area contributed by atoms with E-state index in [9.17, 15) is 18.0 Å². The van der Waals surface area contributed by atoms with Crippen molar-refractivity contribution in [2.45, 2.75) is 30.1 Å². The summed E-state index contributed by atoms with van der Waals surface area (Å²) in [6.07, 6.45) is 1.73. The van der Waals surface area contributed by atoms with Gasteiger partial charge in [-0.3, -0.25) is 9.59 Å². The van der Waals surface area contributed by atoms with E-state index in [1.165, 1.54) is 17.0 Å². The Labute approximate surface area is 281 Å². The van der Waals surface area contributed by atoms with E-state index < -0.39 is 10.0 Å². The molecule has 0 saturated carbocycles. The van der Waals surface area contributed by atoms with Gasteiger partial charge < -0.3 is 24.9 Å². The summed E-state index contributed by atoms with van der Waals surface area (Å²) in [6.45, 7) is 3.43. The lowest BCUT2D eigenvalue weighted by molar-refractivity contribution is -0.131. The third-order valence-electron chi connectivity index (χ3n) is 7.89. The van der Waals surface area contributed by atoms with Crippen molar-refractivity contribution in [3.63, 3.8) is 0 Å². The maximum atomic E-state index is 13.4. The van der Waals surface area contributed by atoms with Crippen LogP contribution in [0.15, 0.2) is 83.8 Å². The quantitative estimate of drug-likeness (QED) is 0.200. The molecule has 47 heavy (non-hydrogen) atoms. The summed E-state index contributed by atoms with van der Waals surface area (Å²) in [4.78, 5) is 33.8. The van der Waals surface area contributed by atoms with Gasteiger partial charge in [-0.05, 0) is 83.4 Å². The SMILES string of the molecule is CN(C)CCCN(CCCN(C)C)C(=O)CCNS(=O)(=O)c1ccc(NCC(c2ccccc2)c2ccccc2)c(C(=O)N(C)C)c1. The fourth-order valence-corrected chi connectivity index (χ4v) is 6.38. The summed E-state index contributed by atoms with van der Waals surface area (Å²) in [5.41, 5.74) is 3.04. The molecule has 2 N–H and O–H groups in total. The summed E-state index contributed by atoms with van der Waals surface area (Å²) >= 11 is 0. The van der Waals surface area contributed by atoms with Crippen LogP contribution in [0, 0.1) is 0 Å². The van der Waals surface area contributed by atoms with Gasteiger partial charge in [0, 0.05) is 58.3 Å². The van der Waals surface area contributed by atoms with Crippen LogP contribution in [0.5, 0.6) is 0 Å². The molecule has 3 rings (SSSR count). The van der Waals surface area contributed by atoms with Gasteiger partial charge in [0.25, 0.3) is 5.91 Å². The van der Waals surface area contributed by atoms with E-state index in [1.807, 2.05) is 69.5 Å². The molecule has 10 nitrogen and oxygen atoms in total. The number of hydrogen-bond donors (Lipinski definition) is 2. The number of amides is 2. The van der Waals surface area contributed by atoms with Gasteiger partial charge in [-0.25, -0.2) is 13.1 Å². The Kier molecular flexibility index (Phi) is 14.9. The topological polar surface area (TPSA) is 105 Å². The molecular weight excluding hydrogens is 613 g/mol. The average Bonchev–Trinajstić information content (AvgIpc) is 3.04. The number of nitrogens with zero attached hydrogens (tertiary/aromatic N) is 4. The Hall–Kier alpha value is -3.77. The molecule has 0 saturated heterocycles. The second-order valence-corrected chi connectivity index (χ2v) is 14.3. The largest absolute Gasteiger partial charge is 0.383 e. The van der Waals surface area contributed by atoms with Crippen molar-refractivity contribution in [3.05, 3.63) is 95.6 Å². The highest BCUT2D eigenvalue weighted by molar-refractivity contribution is 7.89. The van der Waals surface area contributed by atoms with Crippen molar-refractivity contribution in [2.75, 3.05) is 86.9 Å². The first kappa shape index (κ1) is 37.7. The van der Waals surface area contributed by atoms with Crippen LogP contribution in [-0.4, -0.2) is 121 Å². The van der Waals surface area contributed by atoms with Crippen LogP contribution in [0.3, 0.4) is 0 Å². The number of hydrogen-bond acceptors (Lipinski definition) is 7. The van der Waals surface area contributed by atoms with Crippen LogP contribution in [0.25, 0.3) is 0 Å². The maximum Gasteiger partial charge on any atom is 0.255 e. The second-order valence-electron chi connectivity index (χ2n) is 12.5. The number of nitrogens with one attached hydrogen (secondary N) is 2. The normalized spacial score (nSPS) is 11.7. The van der Waals surface area contributed by atoms with E-state index in [0.29, 0.717) is 25.3 Å². The van der Waals surface area contributed by atoms with Gasteiger partial charge in [-0.15, -0.1) is 0 Å². The van der Waals surface area contributed by atoms with Gasteiger partial charge in [-0.2, -0.15) is 0 Å². The summed E-state index contributed by atoms with van der Waals surface area (Å²) in [7, 11) is 7.28. The van der Waals surface area contributed by atoms with Crippen molar-refractivity contribution in [2.24, 2.45) is 0 Å². The lowest BCUT2D eigenvalue weighted by atomic mass is 9.91. The second kappa shape index (κ2) is 18.5. The molecule has 0 atom stereocenters. The zero-order valence-corrected chi connectivity index (χ0v) is 29.6. The Bertz CT molecular complexity index is 1460. The Morgan fingerprint density at radius 2 is 1.26 bits per heavy atom. The first-order valence-corrected chi connectivity index (χ1v) is 17.6. The molecule has 0 heterocycles. The van der Waals surface area contributed by atoms with Crippen LogP contribution >= 0.6 is 0 Å². The van der Waals surface area contributed by atoms with Gasteiger partial charge in [0.05, 0.1) is 10.5 Å². The van der Waals surface area contributed by atoms with E-state index in [-0.39, 0.29) is 41.2 Å². The molecule has 2 amide bonds. The van der Waals surface area contributed by atoms with Crippen LogP contribution < -0.4 is 10.0 Å². The molecular formula is C36H52N6O4S. The highest BCUT2D eigenvalue weighted by Gasteiger charge is 2.22. The third kappa shape index (κ3) is 12.1. The standard InChI is InChI=1S/C36H52N6O4S/c1-39(2)23-13-25-42(26-14-24-40(3)4)35(43)21-22-38-47(45,46)31-19-20-34(32(27-31)36(44)41(5)6)37-28-33(29-15-9-7-10-16-29)30-17-11-8-12-18-30/h7-12,15-20,27,33,37-38H,13-14,21-26,28H2,1-6H3. The first-order chi connectivity index (χ1) is 22.4. The lowest BCUT2D eigenvalue weighted by Crippen LogP contribution is -2.37. The van der Waals surface area contributed by atoms with E-state index in [0.717, 1.165) is 37.1 Å². The molecule has 256 valence electrons. The number of carbonyl (C=O) groups is 2. The number of sulfonamides is 1. The van der Waals surface area contributed by atoms with E-state index >= 15 is 0 Å². The molecule has 0 bridgehead atoms. The molecule has 0 aliphatic rings. The van der Waals surface area contributed by atoms with Crippen molar-refractivity contribution in [1.29, 1.82) is 0 Å². The molecule has 11 heteroatoms. The maximum absolute atomic E-state index is 13.4. The summed E-state index contributed by atoms with van der Waals surface area (Å²) in [5.74, 6) is -0.394. The average molecular weight is 665 g/mol. The minimum Gasteiger partial charge on any atom is -0.383 e. The summed E-state index contributed by atoms with van der Waals surface area (Å²) in [5, 5.41) is 3.42. The van der Waals surface area contributed by atoms with Crippen LogP contribution in [0.2, 0.25) is 0 Å². The molecule has 0 radical (unpaired) electrons. The zero-order chi connectivity index (χ0) is 34.4. The predicted molar refractivity (Wildman–Crippen MR) is 190 cm³/mol. The fourth-order valence-electron chi connectivity index (χ4n) is 5.32. The van der Waals surface area contributed by atoms with Gasteiger partial charge in [0.2, 0.25) is 15.9 Å². The molecule has 3 aromatic rings. The monoisotopic (exact) mass is 664 g/mol. The van der Waals surface area contributed by atoms with Crippen molar-refractivity contribution < 1.29 is 18.0 Å². The number of anilines is 1. The fraction of sp³-hybridized carbons (Fsp3) is 0.444. The molecule has 0 aromatic heterocycles. The van der Waals surface area contributed by atoms with Crippen LogP contribution in [0.1, 0.15) is 46.7 Å². The van der Waals surface area contributed by atoms with Gasteiger partial charge in [0.15, 0.2) is 0 Å². The Balaban J connectivity index is 1.74. The zero-order valence-electron chi connectivity index (χ0n) is 28.8. The van der Waals surface area contributed by atoms with Gasteiger partial charge in [0.1, 0.15) is 0 Å². The van der Waals surface area contributed by atoms with Crippen molar-refractivity contribution in [3.8, 4) is 0 Å². The van der Waals surface area contributed by atoms with Crippen molar-refractivity contribution in [1.82, 2.24) is 24.3 Å². The summed E-state index contributed by atoms with van der Waals surface area (Å²) in [6, 6.07) is 24.8. The predicted octanol–water partition coefficient (Wildman–Crippen LogP) is 4.03. The van der Waals surface area contributed by atoms with Gasteiger partial charge in [-0.1, -0.05) is 60.7 Å². The number of rotatable bonds is 19. The van der Waals surface area contributed by atoms with E-state index in [4.69, 9.17) is 0 Å².